The number of para-hydroxylation sites is 1. The Morgan fingerprint density at radius 3 is 2.45 bits per heavy atom. The van der Waals surface area contributed by atoms with Gasteiger partial charge in [-0.3, -0.25) is 0 Å². The highest BCUT2D eigenvalue weighted by Crippen LogP contribution is 2.43. The lowest BCUT2D eigenvalue weighted by Crippen LogP contribution is -2.49. The molecule has 1 aliphatic carbocycles. The van der Waals surface area contributed by atoms with Gasteiger partial charge in [-0.2, -0.15) is 0 Å². The van der Waals surface area contributed by atoms with E-state index in [1.165, 1.54) is 12.1 Å². The molecule has 1 N–H and O–H groups in total. The molecule has 1 saturated carbocycles. The van der Waals surface area contributed by atoms with Crippen LogP contribution in [0.2, 0.25) is 0 Å². The SMILES string of the molecule is CCC(C)(C)C1CCC(O)CC1N(C)c1ccccc1. The number of hydrogen-bond acceptors (Lipinski definition) is 2. The first-order valence-electron chi connectivity index (χ1n) is 7.91. The molecule has 3 atom stereocenters. The zero-order valence-corrected chi connectivity index (χ0v) is 13.3. The van der Waals surface area contributed by atoms with Crippen LogP contribution < -0.4 is 4.90 Å². The topological polar surface area (TPSA) is 23.5 Å². The summed E-state index contributed by atoms with van der Waals surface area (Å²) in [5.74, 6) is 0.640. The summed E-state index contributed by atoms with van der Waals surface area (Å²) in [6, 6.07) is 11.0. The van der Waals surface area contributed by atoms with E-state index in [4.69, 9.17) is 0 Å². The van der Waals surface area contributed by atoms with Gasteiger partial charge in [0.25, 0.3) is 0 Å². The van der Waals surface area contributed by atoms with Crippen molar-refractivity contribution in [2.75, 3.05) is 11.9 Å². The maximum atomic E-state index is 10.1. The Morgan fingerprint density at radius 1 is 1.20 bits per heavy atom. The second-order valence-corrected chi connectivity index (χ2v) is 6.93. The van der Waals surface area contributed by atoms with Gasteiger partial charge in [-0.1, -0.05) is 45.4 Å². The fraction of sp³-hybridized carbons (Fsp3) is 0.667. The molecule has 0 aliphatic heterocycles. The third kappa shape index (κ3) is 3.17. The fourth-order valence-electron chi connectivity index (χ4n) is 3.58. The van der Waals surface area contributed by atoms with E-state index in [9.17, 15) is 5.11 Å². The molecule has 2 heteroatoms. The van der Waals surface area contributed by atoms with E-state index in [2.05, 4.69) is 63.1 Å². The van der Waals surface area contributed by atoms with Crippen LogP contribution in [0.4, 0.5) is 5.69 Å². The molecule has 20 heavy (non-hydrogen) atoms. The van der Waals surface area contributed by atoms with Crippen LogP contribution in [0.15, 0.2) is 30.3 Å². The van der Waals surface area contributed by atoms with Crippen molar-refractivity contribution in [1.29, 1.82) is 0 Å². The highest BCUT2D eigenvalue weighted by atomic mass is 16.3. The van der Waals surface area contributed by atoms with E-state index in [0.29, 0.717) is 17.4 Å². The largest absolute Gasteiger partial charge is 0.393 e. The minimum atomic E-state index is -0.143. The smallest absolute Gasteiger partial charge is 0.0560 e. The molecule has 2 rings (SSSR count). The van der Waals surface area contributed by atoms with Crippen LogP contribution in [0.3, 0.4) is 0 Å². The third-order valence-corrected chi connectivity index (χ3v) is 5.36. The van der Waals surface area contributed by atoms with Crippen LogP contribution in [0.1, 0.15) is 46.5 Å². The lowest BCUT2D eigenvalue weighted by atomic mass is 9.66. The lowest BCUT2D eigenvalue weighted by molar-refractivity contribution is 0.0460. The molecule has 0 spiro atoms. The second kappa shape index (κ2) is 6.17. The first-order valence-corrected chi connectivity index (χ1v) is 7.91. The van der Waals surface area contributed by atoms with Crippen LogP contribution in [0.5, 0.6) is 0 Å². The summed E-state index contributed by atoms with van der Waals surface area (Å²) in [6.07, 6.45) is 4.01. The molecular formula is C18H29NO. The van der Waals surface area contributed by atoms with E-state index in [0.717, 1.165) is 19.3 Å². The molecule has 0 heterocycles. The lowest BCUT2D eigenvalue weighted by Gasteiger charge is -2.47. The highest BCUT2D eigenvalue weighted by Gasteiger charge is 2.40. The van der Waals surface area contributed by atoms with Crippen molar-refractivity contribution in [3.63, 3.8) is 0 Å². The first kappa shape index (κ1) is 15.4. The molecule has 112 valence electrons. The molecule has 0 aromatic heterocycles. The quantitative estimate of drug-likeness (QED) is 0.894. The third-order valence-electron chi connectivity index (χ3n) is 5.36. The molecule has 0 bridgehead atoms. The molecule has 1 aliphatic rings. The molecule has 0 radical (unpaired) electrons. The van der Waals surface area contributed by atoms with Crippen molar-refractivity contribution in [2.24, 2.45) is 11.3 Å². The number of aliphatic hydroxyl groups is 1. The van der Waals surface area contributed by atoms with Crippen LogP contribution in [-0.4, -0.2) is 24.3 Å². The van der Waals surface area contributed by atoms with Crippen LogP contribution in [-0.2, 0) is 0 Å². The average molecular weight is 275 g/mol. The molecule has 1 aromatic rings. The summed E-state index contributed by atoms with van der Waals surface area (Å²) < 4.78 is 0. The van der Waals surface area contributed by atoms with Gasteiger partial charge in [0.2, 0.25) is 0 Å². The van der Waals surface area contributed by atoms with Crippen molar-refractivity contribution in [1.82, 2.24) is 0 Å². The average Bonchev–Trinajstić information content (AvgIpc) is 2.47. The van der Waals surface area contributed by atoms with Gasteiger partial charge < -0.3 is 10.0 Å². The molecule has 3 unspecified atom stereocenters. The summed E-state index contributed by atoms with van der Waals surface area (Å²) in [5, 5.41) is 10.1. The van der Waals surface area contributed by atoms with Crippen molar-refractivity contribution >= 4 is 5.69 Å². The Balaban J connectivity index is 2.24. The van der Waals surface area contributed by atoms with Crippen molar-refractivity contribution in [3.05, 3.63) is 30.3 Å². The minimum absolute atomic E-state index is 0.143. The number of benzene rings is 1. The molecule has 2 nitrogen and oxygen atoms in total. The monoisotopic (exact) mass is 275 g/mol. The molecule has 0 saturated heterocycles. The maximum Gasteiger partial charge on any atom is 0.0560 e. The van der Waals surface area contributed by atoms with Gasteiger partial charge >= 0.3 is 0 Å². The van der Waals surface area contributed by atoms with Crippen molar-refractivity contribution in [3.8, 4) is 0 Å². The van der Waals surface area contributed by atoms with Gasteiger partial charge in [0.05, 0.1) is 6.10 Å². The zero-order valence-electron chi connectivity index (χ0n) is 13.3. The molecule has 1 aromatic carbocycles. The van der Waals surface area contributed by atoms with Crippen molar-refractivity contribution < 1.29 is 5.11 Å². The predicted octanol–water partition coefficient (Wildman–Crippen LogP) is 4.09. The fourth-order valence-corrected chi connectivity index (χ4v) is 3.58. The number of aliphatic hydroxyl groups excluding tert-OH is 1. The van der Waals surface area contributed by atoms with E-state index in [-0.39, 0.29) is 6.10 Å². The highest BCUT2D eigenvalue weighted by molar-refractivity contribution is 5.46. The van der Waals surface area contributed by atoms with Gasteiger partial charge in [-0.25, -0.2) is 0 Å². The molecule has 0 amide bonds. The van der Waals surface area contributed by atoms with E-state index in [1.54, 1.807) is 0 Å². The van der Waals surface area contributed by atoms with Gasteiger partial charge in [0, 0.05) is 18.8 Å². The minimum Gasteiger partial charge on any atom is -0.393 e. The predicted molar refractivity (Wildman–Crippen MR) is 86.1 cm³/mol. The molecule has 1 fully saturated rings. The van der Waals surface area contributed by atoms with Crippen LogP contribution in [0.25, 0.3) is 0 Å². The van der Waals surface area contributed by atoms with E-state index >= 15 is 0 Å². The normalized spacial score (nSPS) is 27.4. The van der Waals surface area contributed by atoms with E-state index in [1.807, 2.05) is 0 Å². The summed E-state index contributed by atoms with van der Waals surface area (Å²) >= 11 is 0. The first-order chi connectivity index (χ1) is 9.45. The standard InChI is InChI=1S/C18H29NO/c1-5-18(2,3)16-12-11-15(20)13-17(16)19(4)14-9-7-6-8-10-14/h6-10,15-17,20H,5,11-13H2,1-4H3. The summed E-state index contributed by atoms with van der Waals surface area (Å²) in [4.78, 5) is 2.38. The van der Waals surface area contributed by atoms with Crippen LogP contribution in [0, 0.1) is 11.3 Å². The summed E-state index contributed by atoms with van der Waals surface area (Å²) in [6.45, 7) is 7.03. The second-order valence-electron chi connectivity index (χ2n) is 6.93. The molecular weight excluding hydrogens is 246 g/mol. The van der Waals surface area contributed by atoms with E-state index < -0.39 is 0 Å². The van der Waals surface area contributed by atoms with Gasteiger partial charge in [-0.15, -0.1) is 0 Å². The Morgan fingerprint density at radius 2 is 1.85 bits per heavy atom. The number of nitrogens with zero attached hydrogens (tertiary/aromatic N) is 1. The maximum absolute atomic E-state index is 10.1. The number of rotatable bonds is 4. The van der Waals surface area contributed by atoms with Gasteiger partial charge in [-0.05, 0) is 42.7 Å². The van der Waals surface area contributed by atoms with Crippen molar-refractivity contribution in [2.45, 2.75) is 58.6 Å². The zero-order chi connectivity index (χ0) is 14.8. The number of hydrogen-bond donors (Lipinski definition) is 1. The summed E-state index contributed by atoms with van der Waals surface area (Å²) in [7, 11) is 2.18. The Hall–Kier alpha value is -1.02. The Kier molecular flexibility index (Phi) is 4.74. The Bertz CT molecular complexity index is 415. The van der Waals surface area contributed by atoms with Crippen LogP contribution >= 0.6 is 0 Å². The summed E-state index contributed by atoms with van der Waals surface area (Å²) in [5.41, 5.74) is 1.58. The number of anilines is 1. The van der Waals surface area contributed by atoms with Gasteiger partial charge in [0.15, 0.2) is 0 Å². The van der Waals surface area contributed by atoms with Gasteiger partial charge in [0.1, 0.15) is 0 Å². The Labute approximate surface area is 123 Å².